The molecule has 98 valence electrons. The molecule has 0 heterocycles. The zero-order valence-corrected chi connectivity index (χ0v) is 9.44. The topological polar surface area (TPSA) is 131 Å². The van der Waals surface area contributed by atoms with E-state index in [1.807, 2.05) is 0 Å². The highest BCUT2D eigenvalue weighted by atomic mass is 16.6. The Morgan fingerprint density at radius 2 is 2.11 bits per heavy atom. The lowest BCUT2D eigenvalue weighted by molar-refractivity contribution is -0.393. The van der Waals surface area contributed by atoms with Gasteiger partial charge in [-0.05, 0) is 6.07 Å². The summed E-state index contributed by atoms with van der Waals surface area (Å²) in [6, 6.07) is 3.12. The van der Waals surface area contributed by atoms with Crippen molar-refractivity contribution in [3.05, 3.63) is 38.4 Å². The molecule has 0 spiro atoms. The van der Waals surface area contributed by atoms with Crippen LogP contribution in [0.15, 0.2) is 23.3 Å². The van der Waals surface area contributed by atoms with Gasteiger partial charge in [0.05, 0.1) is 22.1 Å². The Morgan fingerprint density at radius 1 is 1.37 bits per heavy atom. The first-order valence-electron chi connectivity index (χ1n) is 4.86. The first-order chi connectivity index (χ1) is 9.06. The van der Waals surface area contributed by atoms with Gasteiger partial charge in [-0.15, -0.1) is 0 Å². The van der Waals surface area contributed by atoms with E-state index in [9.17, 15) is 20.2 Å². The maximum Gasteiger partial charge on any atom is 0.301 e. The summed E-state index contributed by atoms with van der Waals surface area (Å²) in [5.41, 5.74) is 1.48. The number of nitrogens with one attached hydrogen (secondary N) is 1. The molecule has 0 amide bonds. The van der Waals surface area contributed by atoms with Crippen molar-refractivity contribution in [2.75, 3.05) is 12.0 Å². The molecule has 9 heteroatoms. The van der Waals surface area contributed by atoms with E-state index < -0.39 is 15.5 Å². The third-order valence-corrected chi connectivity index (χ3v) is 1.88. The van der Waals surface area contributed by atoms with Gasteiger partial charge in [-0.25, -0.2) is 0 Å². The van der Waals surface area contributed by atoms with Gasteiger partial charge >= 0.3 is 5.69 Å². The van der Waals surface area contributed by atoms with Crippen molar-refractivity contribution in [2.24, 2.45) is 5.10 Å². The third-order valence-electron chi connectivity index (χ3n) is 1.88. The Kier molecular flexibility index (Phi) is 4.94. The lowest BCUT2D eigenvalue weighted by Crippen LogP contribution is -1.98. The normalized spacial score (nSPS) is 9.74. The average Bonchev–Trinajstić information content (AvgIpc) is 2.38. The number of aliphatic hydroxyl groups excluding tert-OH is 1. The summed E-state index contributed by atoms with van der Waals surface area (Å²) in [7, 11) is 0. The molecule has 0 saturated heterocycles. The van der Waals surface area contributed by atoms with Crippen LogP contribution in [0.3, 0.4) is 0 Å². The van der Waals surface area contributed by atoms with E-state index in [0.29, 0.717) is 0 Å². The molecule has 2 N–H and O–H groups in total. The van der Waals surface area contributed by atoms with Crippen LogP contribution in [0.4, 0.5) is 17.1 Å². The molecular formula is C10H8N4O5. The molecule has 0 aliphatic rings. The van der Waals surface area contributed by atoms with Gasteiger partial charge < -0.3 is 5.11 Å². The SMILES string of the molecule is O=[N+]([O-])c1ccc(N/N=C/C#CCO)c([N+](=O)[O-])c1. The summed E-state index contributed by atoms with van der Waals surface area (Å²) in [5.74, 6) is 4.64. The molecule has 0 radical (unpaired) electrons. The zero-order valence-electron chi connectivity index (χ0n) is 9.44. The Hall–Kier alpha value is -2.99. The number of hydrogen-bond donors (Lipinski definition) is 2. The second-order valence-corrected chi connectivity index (χ2v) is 3.06. The van der Waals surface area contributed by atoms with Gasteiger partial charge in [0.25, 0.3) is 5.69 Å². The lowest BCUT2D eigenvalue weighted by Gasteiger charge is -2.00. The minimum atomic E-state index is -0.760. The van der Waals surface area contributed by atoms with Crippen molar-refractivity contribution in [1.82, 2.24) is 0 Å². The molecule has 1 rings (SSSR count). The number of benzene rings is 1. The number of non-ortho nitro benzene ring substituents is 1. The third kappa shape index (κ3) is 4.06. The van der Waals surface area contributed by atoms with Crippen molar-refractivity contribution < 1.29 is 15.0 Å². The number of nitro benzene ring substituents is 2. The van der Waals surface area contributed by atoms with Crippen LogP contribution in [0.1, 0.15) is 0 Å². The fourth-order valence-corrected chi connectivity index (χ4v) is 1.10. The van der Waals surface area contributed by atoms with Gasteiger partial charge in [0.15, 0.2) is 0 Å². The molecule has 0 bridgehead atoms. The maximum atomic E-state index is 10.8. The fourth-order valence-electron chi connectivity index (χ4n) is 1.10. The number of anilines is 1. The molecule has 0 saturated carbocycles. The predicted octanol–water partition coefficient (Wildman–Crippen LogP) is 0.896. The minimum absolute atomic E-state index is 0.00218. The molecule has 19 heavy (non-hydrogen) atoms. The highest BCUT2D eigenvalue weighted by molar-refractivity contribution is 5.79. The average molecular weight is 264 g/mol. The van der Waals surface area contributed by atoms with E-state index in [-0.39, 0.29) is 18.0 Å². The molecule has 0 fully saturated rings. The van der Waals surface area contributed by atoms with Crippen LogP contribution in [-0.2, 0) is 0 Å². The number of aliphatic hydroxyl groups is 1. The monoisotopic (exact) mass is 264 g/mol. The molecular weight excluding hydrogens is 256 g/mol. The van der Waals surface area contributed by atoms with Crippen LogP contribution in [-0.4, -0.2) is 27.8 Å². The molecule has 1 aromatic carbocycles. The summed E-state index contributed by atoms with van der Waals surface area (Å²) in [6.45, 7) is -0.330. The highest BCUT2D eigenvalue weighted by Gasteiger charge is 2.18. The van der Waals surface area contributed by atoms with Gasteiger partial charge in [-0.2, -0.15) is 5.10 Å². The van der Waals surface area contributed by atoms with Gasteiger partial charge in [-0.1, -0.05) is 11.8 Å². The number of rotatable bonds is 4. The van der Waals surface area contributed by atoms with Crippen LogP contribution in [0, 0.1) is 32.1 Å². The Balaban J connectivity index is 2.97. The summed E-state index contributed by atoms with van der Waals surface area (Å²) in [5, 5.41) is 33.2. The van der Waals surface area contributed by atoms with Crippen molar-refractivity contribution in [2.45, 2.75) is 0 Å². The quantitative estimate of drug-likeness (QED) is 0.359. The van der Waals surface area contributed by atoms with Crippen LogP contribution in [0.5, 0.6) is 0 Å². The van der Waals surface area contributed by atoms with Crippen LogP contribution >= 0.6 is 0 Å². The van der Waals surface area contributed by atoms with E-state index in [4.69, 9.17) is 5.11 Å². The molecule has 0 atom stereocenters. The summed E-state index contributed by atoms with van der Waals surface area (Å²) in [4.78, 5) is 19.8. The number of nitrogens with zero attached hydrogens (tertiary/aromatic N) is 3. The number of nitro groups is 2. The van der Waals surface area contributed by atoms with E-state index in [1.165, 1.54) is 6.07 Å². The van der Waals surface area contributed by atoms with Crippen molar-refractivity contribution in [3.8, 4) is 11.8 Å². The summed E-state index contributed by atoms with van der Waals surface area (Å²) < 4.78 is 0. The Morgan fingerprint density at radius 3 is 2.68 bits per heavy atom. The van der Waals surface area contributed by atoms with Crippen LogP contribution in [0.2, 0.25) is 0 Å². The molecule has 1 aromatic rings. The van der Waals surface area contributed by atoms with Crippen LogP contribution in [0.25, 0.3) is 0 Å². The lowest BCUT2D eigenvalue weighted by atomic mass is 10.2. The molecule has 0 unspecified atom stereocenters. The maximum absolute atomic E-state index is 10.8. The molecule has 0 aliphatic carbocycles. The molecule has 0 aromatic heterocycles. The standard InChI is InChI=1S/C10H8N4O5/c15-6-2-1-5-11-12-9-4-3-8(13(16)17)7-10(9)14(18)19/h3-5,7,12,15H,6H2/b11-5+. The van der Waals surface area contributed by atoms with Gasteiger partial charge in [0, 0.05) is 6.07 Å². The van der Waals surface area contributed by atoms with E-state index in [1.54, 1.807) is 0 Å². The largest absolute Gasteiger partial charge is 0.384 e. The van der Waals surface area contributed by atoms with Crippen molar-refractivity contribution in [1.29, 1.82) is 0 Å². The second kappa shape index (κ2) is 6.67. The van der Waals surface area contributed by atoms with Crippen LogP contribution < -0.4 is 5.43 Å². The van der Waals surface area contributed by atoms with Crippen molar-refractivity contribution >= 4 is 23.3 Å². The first-order valence-corrected chi connectivity index (χ1v) is 4.86. The van der Waals surface area contributed by atoms with E-state index in [0.717, 1.165) is 18.3 Å². The smallest absolute Gasteiger partial charge is 0.301 e. The number of hydrogen-bond acceptors (Lipinski definition) is 7. The molecule has 9 nitrogen and oxygen atoms in total. The van der Waals surface area contributed by atoms with Crippen molar-refractivity contribution in [3.63, 3.8) is 0 Å². The molecule has 0 aliphatic heterocycles. The first kappa shape index (κ1) is 14.1. The minimum Gasteiger partial charge on any atom is -0.384 e. The second-order valence-electron chi connectivity index (χ2n) is 3.06. The Bertz CT molecular complexity index is 587. The predicted molar refractivity (Wildman–Crippen MR) is 66.7 cm³/mol. The number of hydrazone groups is 1. The highest BCUT2D eigenvalue weighted by Crippen LogP contribution is 2.28. The summed E-state index contributed by atoms with van der Waals surface area (Å²) >= 11 is 0. The zero-order chi connectivity index (χ0) is 14.3. The van der Waals surface area contributed by atoms with Gasteiger partial charge in [0.1, 0.15) is 12.3 Å². The summed E-state index contributed by atoms with van der Waals surface area (Å²) in [6.07, 6.45) is 1.10. The van der Waals surface area contributed by atoms with Gasteiger partial charge in [-0.3, -0.25) is 25.7 Å². The van der Waals surface area contributed by atoms with E-state index >= 15 is 0 Å². The Labute approximate surface area is 106 Å². The fraction of sp³-hybridized carbons (Fsp3) is 0.100. The van der Waals surface area contributed by atoms with Gasteiger partial charge in [0.2, 0.25) is 0 Å². The van der Waals surface area contributed by atoms with E-state index in [2.05, 4.69) is 22.4 Å².